The van der Waals surface area contributed by atoms with E-state index in [9.17, 15) is 0 Å². The monoisotopic (exact) mass is 235 g/mol. The largest absolute Gasteiger partial charge is 0.496 e. The summed E-state index contributed by atoms with van der Waals surface area (Å²) in [7, 11) is 1.71. The SMILES string of the molecule is COc1ccccc1CNC(C)C1CCCO1. The van der Waals surface area contributed by atoms with E-state index in [4.69, 9.17) is 9.47 Å². The lowest BCUT2D eigenvalue weighted by Crippen LogP contribution is -2.36. The molecule has 2 rings (SSSR count). The van der Waals surface area contributed by atoms with E-state index in [1.807, 2.05) is 18.2 Å². The average molecular weight is 235 g/mol. The van der Waals surface area contributed by atoms with Crippen molar-refractivity contribution in [3.05, 3.63) is 29.8 Å². The molecule has 1 N–H and O–H groups in total. The number of hydrogen-bond donors (Lipinski definition) is 1. The first-order valence-corrected chi connectivity index (χ1v) is 6.28. The Morgan fingerprint density at radius 3 is 3.00 bits per heavy atom. The maximum absolute atomic E-state index is 5.67. The Balaban J connectivity index is 1.88. The third-order valence-electron chi connectivity index (χ3n) is 3.33. The molecule has 0 amide bonds. The summed E-state index contributed by atoms with van der Waals surface area (Å²) in [5.74, 6) is 0.944. The molecule has 1 aliphatic rings. The van der Waals surface area contributed by atoms with E-state index in [1.54, 1.807) is 7.11 Å². The van der Waals surface area contributed by atoms with Crippen LogP contribution in [0.15, 0.2) is 24.3 Å². The van der Waals surface area contributed by atoms with Gasteiger partial charge in [-0.25, -0.2) is 0 Å². The van der Waals surface area contributed by atoms with Gasteiger partial charge in [0.25, 0.3) is 0 Å². The summed E-state index contributed by atoms with van der Waals surface area (Å²) < 4.78 is 11.0. The fourth-order valence-electron chi connectivity index (χ4n) is 2.25. The van der Waals surface area contributed by atoms with E-state index < -0.39 is 0 Å². The second-order valence-corrected chi connectivity index (χ2v) is 4.53. The van der Waals surface area contributed by atoms with E-state index >= 15 is 0 Å². The fraction of sp³-hybridized carbons (Fsp3) is 0.571. The Morgan fingerprint density at radius 1 is 1.47 bits per heavy atom. The van der Waals surface area contributed by atoms with Gasteiger partial charge in [-0.3, -0.25) is 0 Å². The van der Waals surface area contributed by atoms with Crippen molar-refractivity contribution in [3.63, 3.8) is 0 Å². The Bertz CT molecular complexity index is 348. The van der Waals surface area contributed by atoms with Crippen LogP contribution in [0.4, 0.5) is 0 Å². The summed E-state index contributed by atoms with van der Waals surface area (Å²) in [6.07, 6.45) is 2.72. The highest BCUT2D eigenvalue weighted by Gasteiger charge is 2.21. The molecule has 0 spiro atoms. The Labute approximate surface area is 103 Å². The van der Waals surface area contributed by atoms with Crippen molar-refractivity contribution in [2.75, 3.05) is 13.7 Å². The minimum Gasteiger partial charge on any atom is -0.496 e. The van der Waals surface area contributed by atoms with Crippen LogP contribution in [0, 0.1) is 0 Å². The highest BCUT2D eigenvalue weighted by Crippen LogP contribution is 2.19. The van der Waals surface area contributed by atoms with Crippen LogP contribution in [0.1, 0.15) is 25.3 Å². The molecule has 3 heteroatoms. The summed E-state index contributed by atoms with van der Waals surface area (Å²) in [5.41, 5.74) is 1.19. The molecule has 1 aromatic rings. The minimum absolute atomic E-state index is 0.365. The number of benzene rings is 1. The second kappa shape index (κ2) is 6.03. The van der Waals surface area contributed by atoms with Crippen molar-refractivity contribution >= 4 is 0 Å². The van der Waals surface area contributed by atoms with Gasteiger partial charge in [-0.05, 0) is 25.8 Å². The molecule has 1 saturated heterocycles. The fourth-order valence-corrected chi connectivity index (χ4v) is 2.25. The quantitative estimate of drug-likeness (QED) is 0.850. The first-order valence-electron chi connectivity index (χ1n) is 6.28. The summed E-state index contributed by atoms with van der Waals surface area (Å²) in [5, 5.41) is 3.51. The van der Waals surface area contributed by atoms with Crippen LogP contribution < -0.4 is 10.1 Å². The topological polar surface area (TPSA) is 30.5 Å². The summed E-state index contributed by atoms with van der Waals surface area (Å²) in [6, 6.07) is 8.51. The lowest BCUT2D eigenvalue weighted by atomic mass is 10.1. The van der Waals surface area contributed by atoms with Gasteiger partial charge in [0.05, 0.1) is 13.2 Å². The van der Waals surface area contributed by atoms with Gasteiger partial charge in [-0.15, -0.1) is 0 Å². The molecular formula is C14H21NO2. The maximum Gasteiger partial charge on any atom is 0.123 e. The zero-order chi connectivity index (χ0) is 12.1. The van der Waals surface area contributed by atoms with E-state index in [0.29, 0.717) is 12.1 Å². The van der Waals surface area contributed by atoms with Gasteiger partial charge >= 0.3 is 0 Å². The highest BCUT2D eigenvalue weighted by molar-refractivity contribution is 5.33. The van der Waals surface area contributed by atoms with Crippen molar-refractivity contribution in [2.24, 2.45) is 0 Å². The van der Waals surface area contributed by atoms with Crippen molar-refractivity contribution < 1.29 is 9.47 Å². The van der Waals surface area contributed by atoms with Gasteiger partial charge in [-0.1, -0.05) is 18.2 Å². The smallest absolute Gasteiger partial charge is 0.123 e. The first-order chi connectivity index (χ1) is 8.31. The van der Waals surface area contributed by atoms with Crippen LogP contribution >= 0.6 is 0 Å². The molecular weight excluding hydrogens is 214 g/mol. The molecule has 17 heavy (non-hydrogen) atoms. The molecule has 3 nitrogen and oxygen atoms in total. The van der Waals surface area contributed by atoms with Gasteiger partial charge < -0.3 is 14.8 Å². The van der Waals surface area contributed by atoms with Gasteiger partial charge in [0.1, 0.15) is 5.75 Å². The second-order valence-electron chi connectivity index (χ2n) is 4.53. The summed E-state index contributed by atoms with van der Waals surface area (Å²) in [6.45, 7) is 3.92. The molecule has 1 aliphatic heterocycles. The molecule has 1 aromatic carbocycles. The van der Waals surface area contributed by atoms with Crippen LogP contribution in [-0.4, -0.2) is 25.9 Å². The highest BCUT2D eigenvalue weighted by atomic mass is 16.5. The maximum atomic E-state index is 5.67. The van der Waals surface area contributed by atoms with Crippen molar-refractivity contribution in [3.8, 4) is 5.75 Å². The lowest BCUT2D eigenvalue weighted by Gasteiger charge is -2.20. The molecule has 2 atom stereocenters. The third-order valence-corrected chi connectivity index (χ3v) is 3.33. The van der Waals surface area contributed by atoms with Crippen LogP contribution in [0.25, 0.3) is 0 Å². The van der Waals surface area contributed by atoms with Gasteiger partial charge in [0.15, 0.2) is 0 Å². The number of ether oxygens (including phenoxy) is 2. The van der Waals surface area contributed by atoms with Gasteiger partial charge in [0.2, 0.25) is 0 Å². The Kier molecular flexibility index (Phi) is 4.40. The molecule has 0 radical (unpaired) electrons. The summed E-state index contributed by atoms with van der Waals surface area (Å²) in [4.78, 5) is 0. The Morgan fingerprint density at radius 2 is 2.29 bits per heavy atom. The van der Waals surface area contributed by atoms with Crippen molar-refractivity contribution in [1.82, 2.24) is 5.32 Å². The average Bonchev–Trinajstić information content (AvgIpc) is 2.90. The molecule has 0 bridgehead atoms. The first kappa shape index (κ1) is 12.4. The van der Waals surface area contributed by atoms with E-state index in [-0.39, 0.29) is 0 Å². The lowest BCUT2D eigenvalue weighted by molar-refractivity contribution is 0.0831. The number of hydrogen-bond acceptors (Lipinski definition) is 3. The van der Waals surface area contributed by atoms with Crippen molar-refractivity contribution in [2.45, 2.75) is 38.5 Å². The molecule has 2 unspecified atom stereocenters. The van der Waals surface area contributed by atoms with Crippen LogP contribution in [-0.2, 0) is 11.3 Å². The Hall–Kier alpha value is -1.06. The number of nitrogens with one attached hydrogen (secondary N) is 1. The van der Waals surface area contributed by atoms with Gasteiger partial charge in [-0.2, -0.15) is 0 Å². The predicted octanol–water partition coefficient (Wildman–Crippen LogP) is 2.35. The molecule has 1 fully saturated rings. The number of rotatable bonds is 5. The van der Waals surface area contributed by atoms with Crippen LogP contribution in [0.5, 0.6) is 5.75 Å². The molecule has 0 aliphatic carbocycles. The molecule has 0 saturated carbocycles. The third kappa shape index (κ3) is 3.20. The number of para-hydroxylation sites is 1. The van der Waals surface area contributed by atoms with Crippen molar-refractivity contribution in [1.29, 1.82) is 0 Å². The van der Waals surface area contributed by atoms with Gasteiger partial charge in [0, 0.05) is 24.8 Å². The van der Waals surface area contributed by atoms with Crippen LogP contribution in [0.2, 0.25) is 0 Å². The number of methoxy groups -OCH3 is 1. The standard InChI is InChI=1S/C14H21NO2/c1-11(13-8-5-9-17-13)15-10-12-6-3-4-7-14(12)16-2/h3-4,6-7,11,13,15H,5,8-10H2,1-2H3. The minimum atomic E-state index is 0.365. The molecule has 0 aromatic heterocycles. The van der Waals surface area contributed by atoms with Crippen LogP contribution in [0.3, 0.4) is 0 Å². The predicted molar refractivity (Wildman–Crippen MR) is 68.3 cm³/mol. The summed E-state index contributed by atoms with van der Waals surface area (Å²) >= 11 is 0. The van der Waals surface area contributed by atoms with E-state index in [2.05, 4.69) is 18.3 Å². The van der Waals surface area contributed by atoms with E-state index in [0.717, 1.165) is 18.9 Å². The normalized spacial score (nSPS) is 21.4. The molecule has 1 heterocycles. The zero-order valence-electron chi connectivity index (χ0n) is 10.6. The van der Waals surface area contributed by atoms with E-state index in [1.165, 1.54) is 18.4 Å². The zero-order valence-corrected chi connectivity index (χ0v) is 10.6. The molecule has 94 valence electrons.